The van der Waals surface area contributed by atoms with Crippen LogP contribution in [-0.2, 0) is 11.0 Å². The van der Waals surface area contributed by atoms with Crippen molar-refractivity contribution in [2.75, 3.05) is 0 Å². The van der Waals surface area contributed by atoms with E-state index in [9.17, 15) is 18.0 Å². The van der Waals surface area contributed by atoms with Gasteiger partial charge in [-0.15, -0.1) is 0 Å². The molecule has 2 atom stereocenters. The molecule has 1 heterocycles. The lowest BCUT2D eigenvalue weighted by Gasteiger charge is -2.22. The molecule has 3 rings (SSSR count). The summed E-state index contributed by atoms with van der Waals surface area (Å²) in [5, 5.41) is 6.86. The number of rotatable bonds is 6. The minimum atomic E-state index is -4.45. The molecular formula is C20H24F3N3O2. The Hall–Kier alpha value is -2.38. The molecule has 0 aliphatic heterocycles. The summed E-state index contributed by atoms with van der Waals surface area (Å²) in [6.07, 6.45) is 0.170. The molecule has 0 unspecified atom stereocenters. The maximum Gasteiger partial charge on any atom is 0.416 e. The van der Waals surface area contributed by atoms with Gasteiger partial charge in [0, 0.05) is 11.5 Å². The Morgan fingerprint density at radius 1 is 1.32 bits per heavy atom. The van der Waals surface area contributed by atoms with Gasteiger partial charge in [-0.3, -0.25) is 4.79 Å². The minimum absolute atomic E-state index is 0.00239. The van der Waals surface area contributed by atoms with E-state index >= 15 is 0 Å². The molecule has 2 aromatic rings. The van der Waals surface area contributed by atoms with Crippen LogP contribution in [0.3, 0.4) is 0 Å². The van der Waals surface area contributed by atoms with Gasteiger partial charge in [-0.1, -0.05) is 50.4 Å². The van der Waals surface area contributed by atoms with Crippen LogP contribution < -0.4 is 5.32 Å². The monoisotopic (exact) mass is 395 g/mol. The average molecular weight is 395 g/mol. The molecule has 8 heteroatoms. The molecule has 28 heavy (non-hydrogen) atoms. The van der Waals surface area contributed by atoms with Crippen molar-refractivity contribution in [2.24, 2.45) is 11.8 Å². The predicted molar refractivity (Wildman–Crippen MR) is 97.0 cm³/mol. The summed E-state index contributed by atoms with van der Waals surface area (Å²) in [6.45, 7) is 3.96. The Kier molecular flexibility index (Phi) is 6.05. The van der Waals surface area contributed by atoms with Crippen molar-refractivity contribution in [2.45, 2.75) is 58.2 Å². The first kappa shape index (κ1) is 20.4. The van der Waals surface area contributed by atoms with Crippen LogP contribution in [-0.4, -0.2) is 16.0 Å². The smallest absolute Gasteiger partial charge is 0.344 e. The van der Waals surface area contributed by atoms with Crippen LogP contribution in [0, 0.1) is 11.8 Å². The van der Waals surface area contributed by atoms with E-state index in [4.69, 9.17) is 4.52 Å². The van der Waals surface area contributed by atoms with Gasteiger partial charge in [0.25, 0.3) is 0 Å². The number of hydrogen-bond acceptors (Lipinski definition) is 4. The van der Waals surface area contributed by atoms with Crippen molar-refractivity contribution in [3.8, 4) is 11.4 Å². The van der Waals surface area contributed by atoms with Gasteiger partial charge in [0.1, 0.15) is 6.04 Å². The summed E-state index contributed by atoms with van der Waals surface area (Å²) in [6, 6.07) is 4.32. The number of nitrogens with zero attached hydrogens (tertiary/aromatic N) is 2. The van der Waals surface area contributed by atoms with E-state index in [0.717, 1.165) is 44.2 Å². The van der Waals surface area contributed by atoms with E-state index < -0.39 is 17.8 Å². The lowest BCUT2D eigenvalue weighted by atomic mass is 9.97. The first-order valence-electron chi connectivity index (χ1n) is 9.61. The van der Waals surface area contributed by atoms with E-state index in [-0.39, 0.29) is 35.0 Å². The van der Waals surface area contributed by atoms with Crippen LogP contribution in [0.5, 0.6) is 0 Å². The number of amides is 1. The number of carbonyl (C=O) groups is 1. The maximum atomic E-state index is 12.9. The lowest BCUT2D eigenvalue weighted by molar-refractivity contribution is -0.137. The van der Waals surface area contributed by atoms with Crippen molar-refractivity contribution in [3.05, 3.63) is 35.7 Å². The standard InChI is InChI=1S/C20H24F3N3O2/c1-3-12(2)16(24-18(27)13-7-4-5-8-13)19-25-17(26-28-19)14-9-6-10-15(11-14)20(21,22)23/h6,9-13,16H,3-5,7-8H2,1-2H3,(H,24,27)/t12-,16-/m1/s1. The van der Waals surface area contributed by atoms with E-state index in [2.05, 4.69) is 15.5 Å². The fourth-order valence-electron chi connectivity index (χ4n) is 3.46. The Morgan fingerprint density at radius 2 is 2.04 bits per heavy atom. The molecule has 1 N–H and O–H groups in total. The highest BCUT2D eigenvalue weighted by Gasteiger charge is 2.32. The third-order valence-corrected chi connectivity index (χ3v) is 5.39. The molecule has 1 amide bonds. The fraction of sp³-hybridized carbons (Fsp3) is 0.550. The third kappa shape index (κ3) is 4.54. The largest absolute Gasteiger partial charge is 0.416 e. The number of aromatic nitrogens is 2. The molecule has 0 saturated heterocycles. The van der Waals surface area contributed by atoms with Gasteiger partial charge >= 0.3 is 6.18 Å². The highest BCUT2D eigenvalue weighted by molar-refractivity contribution is 5.79. The molecule has 5 nitrogen and oxygen atoms in total. The van der Waals surface area contributed by atoms with Gasteiger partial charge in [0.2, 0.25) is 17.6 Å². The summed E-state index contributed by atoms with van der Waals surface area (Å²) in [5.41, 5.74) is -0.556. The summed E-state index contributed by atoms with van der Waals surface area (Å²) >= 11 is 0. The summed E-state index contributed by atoms with van der Waals surface area (Å²) in [5.74, 6) is 0.303. The molecule has 1 fully saturated rings. The van der Waals surface area contributed by atoms with Gasteiger partial charge in [0.05, 0.1) is 5.56 Å². The highest BCUT2D eigenvalue weighted by atomic mass is 19.4. The van der Waals surface area contributed by atoms with Gasteiger partial charge in [0.15, 0.2) is 0 Å². The zero-order valence-electron chi connectivity index (χ0n) is 15.9. The van der Waals surface area contributed by atoms with E-state index in [1.54, 1.807) is 0 Å². The number of hydrogen-bond donors (Lipinski definition) is 1. The van der Waals surface area contributed by atoms with Crippen molar-refractivity contribution >= 4 is 5.91 Å². The van der Waals surface area contributed by atoms with Crippen molar-refractivity contribution < 1.29 is 22.5 Å². The molecule has 152 valence electrons. The first-order valence-corrected chi connectivity index (χ1v) is 9.61. The molecular weight excluding hydrogens is 371 g/mol. The molecule has 1 aromatic heterocycles. The Morgan fingerprint density at radius 3 is 2.68 bits per heavy atom. The van der Waals surface area contributed by atoms with Crippen molar-refractivity contribution in [3.63, 3.8) is 0 Å². The van der Waals surface area contributed by atoms with Crippen LogP contribution in [0.25, 0.3) is 11.4 Å². The number of alkyl halides is 3. The van der Waals surface area contributed by atoms with Crippen molar-refractivity contribution in [1.82, 2.24) is 15.5 Å². The summed E-state index contributed by atoms with van der Waals surface area (Å²) in [7, 11) is 0. The van der Waals surface area contributed by atoms with E-state index in [0.29, 0.717) is 0 Å². The van der Waals surface area contributed by atoms with Crippen LogP contribution in [0.2, 0.25) is 0 Å². The van der Waals surface area contributed by atoms with Gasteiger partial charge in [-0.05, 0) is 30.9 Å². The molecule has 1 aliphatic carbocycles. The van der Waals surface area contributed by atoms with E-state index in [1.807, 2.05) is 13.8 Å². The number of nitrogens with one attached hydrogen (secondary N) is 1. The predicted octanol–water partition coefficient (Wildman–Crippen LogP) is 5.15. The Labute approximate surface area is 161 Å². The molecule has 1 saturated carbocycles. The van der Waals surface area contributed by atoms with Crippen LogP contribution in [0.15, 0.2) is 28.8 Å². The molecule has 1 aromatic carbocycles. The molecule has 1 aliphatic rings. The molecule has 0 bridgehead atoms. The molecule has 0 spiro atoms. The maximum absolute atomic E-state index is 12.9. The Balaban J connectivity index is 1.83. The topological polar surface area (TPSA) is 68.0 Å². The number of benzene rings is 1. The highest BCUT2D eigenvalue weighted by Crippen LogP contribution is 2.33. The third-order valence-electron chi connectivity index (χ3n) is 5.39. The minimum Gasteiger partial charge on any atom is -0.344 e. The lowest BCUT2D eigenvalue weighted by Crippen LogP contribution is -2.36. The normalized spacial score (nSPS) is 17.5. The quantitative estimate of drug-likeness (QED) is 0.735. The average Bonchev–Trinajstić information content (AvgIpc) is 3.36. The SMILES string of the molecule is CC[C@@H](C)[C@@H](NC(=O)C1CCCC1)c1nc(-c2cccc(C(F)(F)F)c2)no1. The van der Waals surface area contributed by atoms with Gasteiger partial charge in [-0.25, -0.2) is 0 Å². The number of carbonyl (C=O) groups excluding carboxylic acids is 1. The second kappa shape index (κ2) is 8.32. The summed E-state index contributed by atoms with van der Waals surface area (Å²) in [4.78, 5) is 16.8. The zero-order chi connectivity index (χ0) is 20.3. The fourth-order valence-corrected chi connectivity index (χ4v) is 3.46. The van der Waals surface area contributed by atoms with Gasteiger partial charge in [-0.2, -0.15) is 18.2 Å². The van der Waals surface area contributed by atoms with Crippen LogP contribution >= 0.6 is 0 Å². The summed E-state index contributed by atoms with van der Waals surface area (Å²) < 4.78 is 44.2. The van der Waals surface area contributed by atoms with E-state index in [1.165, 1.54) is 12.1 Å². The first-order chi connectivity index (χ1) is 13.3. The Bertz CT molecular complexity index is 813. The van der Waals surface area contributed by atoms with Crippen LogP contribution in [0.4, 0.5) is 13.2 Å². The van der Waals surface area contributed by atoms with Gasteiger partial charge < -0.3 is 9.84 Å². The second-order valence-corrected chi connectivity index (χ2v) is 7.39. The second-order valence-electron chi connectivity index (χ2n) is 7.39. The number of halogens is 3. The zero-order valence-corrected chi connectivity index (χ0v) is 15.9. The van der Waals surface area contributed by atoms with Crippen molar-refractivity contribution in [1.29, 1.82) is 0 Å². The van der Waals surface area contributed by atoms with Crippen LogP contribution in [0.1, 0.15) is 63.4 Å². The molecule has 0 radical (unpaired) electrons.